The molecule has 1 unspecified atom stereocenters. The second-order valence-corrected chi connectivity index (χ2v) is 6.56. The number of sulfonamides is 1. The van der Waals surface area contributed by atoms with Gasteiger partial charge in [0.05, 0.1) is 7.11 Å². The van der Waals surface area contributed by atoms with Crippen LogP contribution in [0.15, 0.2) is 17.0 Å². The Bertz CT molecular complexity index is 556. The summed E-state index contributed by atoms with van der Waals surface area (Å²) in [6.45, 7) is 5.80. The van der Waals surface area contributed by atoms with Crippen LogP contribution in [0.5, 0.6) is 5.75 Å². The lowest BCUT2D eigenvalue weighted by Crippen LogP contribution is -2.34. The van der Waals surface area contributed by atoms with Gasteiger partial charge in [-0.3, -0.25) is 0 Å². The van der Waals surface area contributed by atoms with Crippen molar-refractivity contribution < 1.29 is 13.2 Å². The molecule has 1 atom stereocenters. The van der Waals surface area contributed by atoms with Gasteiger partial charge in [-0.05, 0) is 37.5 Å². The zero-order valence-corrected chi connectivity index (χ0v) is 13.4. The largest absolute Gasteiger partial charge is 0.495 e. The lowest BCUT2D eigenvalue weighted by Gasteiger charge is -2.18. The normalized spacial score (nSPS) is 13.2. The summed E-state index contributed by atoms with van der Waals surface area (Å²) in [4.78, 5) is 0.0950. The Hall–Kier alpha value is -1.27. The maximum atomic E-state index is 12.5. The molecule has 0 fully saturated rings. The second kappa shape index (κ2) is 6.95. The molecule has 0 radical (unpaired) electrons. The number of aryl methyl sites for hydroxylation is 1. The molecule has 20 heavy (non-hydrogen) atoms. The van der Waals surface area contributed by atoms with E-state index in [1.54, 1.807) is 6.07 Å². The molecule has 6 heteroatoms. The molecule has 0 bridgehead atoms. The zero-order valence-electron chi connectivity index (χ0n) is 12.6. The van der Waals surface area contributed by atoms with Crippen LogP contribution in [0, 0.1) is 6.92 Å². The van der Waals surface area contributed by atoms with Crippen molar-refractivity contribution in [2.45, 2.75) is 51.0 Å². The van der Waals surface area contributed by atoms with Crippen molar-refractivity contribution in [2.75, 3.05) is 12.8 Å². The number of hydrogen-bond acceptors (Lipinski definition) is 4. The molecule has 0 aliphatic rings. The Morgan fingerprint density at radius 2 is 2.00 bits per heavy atom. The van der Waals surface area contributed by atoms with Crippen LogP contribution in [-0.4, -0.2) is 21.6 Å². The highest BCUT2D eigenvalue weighted by Crippen LogP contribution is 2.29. The van der Waals surface area contributed by atoms with Gasteiger partial charge in [-0.2, -0.15) is 0 Å². The van der Waals surface area contributed by atoms with Crippen LogP contribution in [0.4, 0.5) is 5.69 Å². The highest BCUT2D eigenvalue weighted by molar-refractivity contribution is 7.89. The van der Waals surface area contributed by atoms with Gasteiger partial charge in [0.1, 0.15) is 10.6 Å². The molecular weight excluding hydrogens is 276 g/mol. The van der Waals surface area contributed by atoms with E-state index in [9.17, 15) is 8.42 Å². The average Bonchev–Trinajstić information content (AvgIpc) is 2.40. The van der Waals surface area contributed by atoms with Crippen molar-refractivity contribution in [1.29, 1.82) is 0 Å². The minimum absolute atomic E-state index is 0.0720. The lowest BCUT2D eigenvalue weighted by molar-refractivity contribution is 0.401. The molecule has 0 spiro atoms. The summed E-state index contributed by atoms with van der Waals surface area (Å²) in [5.41, 5.74) is 7.05. The van der Waals surface area contributed by atoms with E-state index < -0.39 is 10.0 Å². The first kappa shape index (κ1) is 16.8. The number of nitrogens with one attached hydrogen (secondary N) is 1. The van der Waals surface area contributed by atoms with Gasteiger partial charge in [0, 0.05) is 11.7 Å². The molecule has 0 saturated carbocycles. The van der Waals surface area contributed by atoms with Crippen LogP contribution in [-0.2, 0) is 10.0 Å². The van der Waals surface area contributed by atoms with E-state index in [-0.39, 0.29) is 10.9 Å². The summed E-state index contributed by atoms with van der Waals surface area (Å²) in [6, 6.07) is 3.03. The fourth-order valence-corrected chi connectivity index (χ4v) is 3.56. The summed E-state index contributed by atoms with van der Waals surface area (Å²) >= 11 is 0. The molecule has 1 rings (SSSR count). The molecule has 0 saturated heterocycles. The Morgan fingerprint density at radius 3 is 2.50 bits per heavy atom. The van der Waals surface area contributed by atoms with Crippen LogP contribution >= 0.6 is 0 Å². The molecule has 3 N–H and O–H groups in total. The van der Waals surface area contributed by atoms with Crippen LogP contribution < -0.4 is 15.2 Å². The number of nitrogens with two attached hydrogens (primary N) is 1. The quantitative estimate of drug-likeness (QED) is 0.758. The van der Waals surface area contributed by atoms with Crippen molar-refractivity contribution in [3.8, 4) is 5.75 Å². The third kappa shape index (κ3) is 3.86. The van der Waals surface area contributed by atoms with E-state index in [4.69, 9.17) is 10.5 Å². The average molecular weight is 300 g/mol. The third-order valence-corrected chi connectivity index (χ3v) is 4.84. The molecule has 0 aromatic heterocycles. The van der Waals surface area contributed by atoms with Gasteiger partial charge in [-0.25, -0.2) is 13.1 Å². The summed E-state index contributed by atoms with van der Waals surface area (Å²) in [7, 11) is -2.18. The molecular formula is C14H24N2O3S. The van der Waals surface area contributed by atoms with Crippen LogP contribution in [0.1, 0.15) is 38.7 Å². The number of methoxy groups -OCH3 is 1. The Balaban J connectivity index is 3.17. The smallest absolute Gasteiger partial charge is 0.244 e. The van der Waals surface area contributed by atoms with Crippen LogP contribution in [0.3, 0.4) is 0 Å². The van der Waals surface area contributed by atoms with Crippen molar-refractivity contribution in [1.82, 2.24) is 4.72 Å². The first-order valence-corrected chi connectivity index (χ1v) is 8.30. The van der Waals surface area contributed by atoms with E-state index in [0.29, 0.717) is 11.4 Å². The third-order valence-electron chi connectivity index (χ3n) is 3.29. The number of anilines is 1. The molecule has 1 aromatic rings. The predicted molar refractivity (Wildman–Crippen MR) is 81.5 cm³/mol. The topological polar surface area (TPSA) is 81.4 Å². The highest BCUT2D eigenvalue weighted by atomic mass is 32.2. The molecule has 5 nitrogen and oxygen atoms in total. The highest BCUT2D eigenvalue weighted by Gasteiger charge is 2.23. The van der Waals surface area contributed by atoms with Crippen molar-refractivity contribution in [2.24, 2.45) is 0 Å². The van der Waals surface area contributed by atoms with Crippen molar-refractivity contribution in [3.05, 3.63) is 17.7 Å². The number of hydrogen-bond donors (Lipinski definition) is 2. The molecule has 0 aliphatic heterocycles. The van der Waals surface area contributed by atoms with Gasteiger partial charge in [0.2, 0.25) is 10.0 Å². The fourth-order valence-electron chi connectivity index (χ4n) is 2.02. The Kier molecular flexibility index (Phi) is 5.83. The van der Waals surface area contributed by atoms with E-state index in [0.717, 1.165) is 24.8 Å². The summed E-state index contributed by atoms with van der Waals surface area (Å²) in [6.07, 6.45) is 2.48. The Labute approximate surface area is 121 Å². The van der Waals surface area contributed by atoms with Crippen LogP contribution in [0.25, 0.3) is 0 Å². The number of nitrogen functional groups attached to an aromatic ring is 1. The van der Waals surface area contributed by atoms with E-state index in [1.165, 1.54) is 13.2 Å². The van der Waals surface area contributed by atoms with Gasteiger partial charge < -0.3 is 10.5 Å². The van der Waals surface area contributed by atoms with Gasteiger partial charge in [-0.15, -0.1) is 0 Å². The lowest BCUT2D eigenvalue weighted by atomic mass is 10.1. The monoisotopic (exact) mass is 300 g/mol. The van der Waals surface area contributed by atoms with Crippen molar-refractivity contribution >= 4 is 15.7 Å². The molecule has 114 valence electrons. The molecule has 0 amide bonds. The predicted octanol–water partition coefficient (Wildman–Crippen LogP) is 2.44. The van der Waals surface area contributed by atoms with Gasteiger partial charge in [0.25, 0.3) is 0 Å². The first-order valence-electron chi connectivity index (χ1n) is 6.82. The molecule has 0 heterocycles. The van der Waals surface area contributed by atoms with Gasteiger partial charge in [0.15, 0.2) is 0 Å². The maximum Gasteiger partial charge on any atom is 0.244 e. The summed E-state index contributed by atoms with van der Waals surface area (Å²) < 4.78 is 32.8. The minimum Gasteiger partial charge on any atom is -0.495 e. The molecule has 0 aliphatic carbocycles. The summed E-state index contributed by atoms with van der Waals surface area (Å²) in [5, 5.41) is 0. The number of benzene rings is 1. The standard InChI is InChI=1S/C14H24N2O3S/c1-5-7-11(6-2)16-20(17,18)14-9-12(15)10(3)8-13(14)19-4/h8-9,11,16H,5-7,15H2,1-4H3. The van der Waals surface area contributed by atoms with E-state index in [1.807, 2.05) is 20.8 Å². The summed E-state index contributed by atoms with van der Waals surface area (Å²) in [5.74, 6) is 0.315. The van der Waals surface area contributed by atoms with E-state index >= 15 is 0 Å². The fraction of sp³-hybridized carbons (Fsp3) is 0.571. The maximum absolute atomic E-state index is 12.5. The van der Waals surface area contributed by atoms with Crippen LogP contribution in [0.2, 0.25) is 0 Å². The van der Waals surface area contributed by atoms with Crippen molar-refractivity contribution in [3.63, 3.8) is 0 Å². The van der Waals surface area contributed by atoms with Gasteiger partial charge in [-0.1, -0.05) is 20.3 Å². The van der Waals surface area contributed by atoms with Gasteiger partial charge >= 0.3 is 0 Å². The first-order chi connectivity index (χ1) is 9.35. The minimum atomic E-state index is -3.63. The number of ether oxygens (including phenoxy) is 1. The SMILES string of the molecule is CCCC(CC)NS(=O)(=O)c1cc(N)c(C)cc1OC. The zero-order chi connectivity index (χ0) is 15.3. The second-order valence-electron chi connectivity index (χ2n) is 4.87. The Morgan fingerprint density at radius 1 is 1.35 bits per heavy atom. The van der Waals surface area contributed by atoms with E-state index in [2.05, 4.69) is 4.72 Å². The molecule has 1 aromatic carbocycles. The number of rotatable bonds is 7.